The van der Waals surface area contributed by atoms with Crippen molar-refractivity contribution in [1.29, 1.82) is 0 Å². The zero-order valence-corrected chi connectivity index (χ0v) is 22.0. The van der Waals surface area contributed by atoms with E-state index in [0.29, 0.717) is 37.7 Å². The Morgan fingerprint density at radius 3 is 2.61 bits per heavy atom. The summed E-state index contributed by atoms with van der Waals surface area (Å²) in [4.78, 5) is 32.0. The van der Waals surface area contributed by atoms with Gasteiger partial charge in [0.05, 0.1) is 35.6 Å². The summed E-state index contributed by atoms with van der Waals surface area (Å²) in [5.41, 5.74) is 1.58. The molecule has 0 aliphatic carbocycles. The first kappa shape index (κ1) is 27.0. The van der Waals surface area contributed by atoms with Crippen molar-refractivity contribution >= 4 is 23.4 Å². The number of hydrogen-bond donors (Lipinski definition) is 0. The van der Waals surface area contributed by atoms with Crippen LogP contribution in [-0.2, 0) is 14.3 Å². The van der Waals surface area contributed by atoms with E-state index in [2.05, 4.69) is 11.6 Å². The molecule has 0 amide bonds. The highest BCUT2D eigenvalue weighted by molar-refractivity contribution is 7.07. The number of carbonyl (C=O) groups excluding carboxylic acids is 1. The van der Waals surface area contributed by atoms with E-state index in [1.54, 1.807) is 49.4 Å². The molecule has 8 nitrogen and oxygen atoms in total. The summed E-state index contributed by atoms with van der Waals surface area (Å²) in [6, 6.07) is 10.2. The van der Waals surface area contributed by atoms with Crippen LogP contribution >= 0.6 is 11.3 Å². The Labute approximate surface area is 222 Å². The molecule has 1 atom stereocenters. The van der Waals surface area contributed by atoms with Crippen LogP contribution in [0.3, 0.4) is 0 Å². The van der Waals surface area contributed by atoms with Gasteiger partial charge < -0.3 is 18.9 Å². The third kappa shape index (κ3) is 5.61. The predicted molar refractivity (Wildman–Crippen MR) is 142 cm³/mol. The zero-order chi connectivity index (χ0) is 27.2. The molecule has 38 heavy (non-hydrogen) atoms. The monoisotopic (exact) mass is 538 g/mol. The largest absolute Gasteiger partial charge is 0.493 e. The van der Waals surface area contributed by atoms with Gasteiger partial charge in [0.2, 0.25) is 0 Å². The number of rotatable bonds is 10. The van der Waals surface area contributed by atoms with E-state index in [0.717, 1.165) is 0 Å². The van der Waals surface area contributed by atoms with Gasteiger partial charge in [-0.3, -0.25) is 9.36 Å². The molecule has 0 fully saturated rings. The summed E-state index contributed by atoms with van der Waals surface area (Å²) in [7, 11) is 3.02. The lowest BCUT2D eigenvalue weighted by Gasteiger charge is -2.25. The summed E-state index contributed by atoms with van der Waals surface area (Å²) in [5, 5.41) is 0. The maximum absolute atomic E-state index is 13.7. The molecule has 0 saturated carbocycles. The molecular weight excluding hydrogens is 511 g/mol. The van der Waals surface area contributed by atoms with Crippen LogP contribution in [0, 0.1) is 5.82 Å². The van der Waals surface area contributed by atoms with Crippen LogP contribution in [0.25, 0.3) is 6.08 Å². The Hall–Kier alpha value is -4.02. The second-order valence-electron chi connectivity index (χ2n) is 8.27. The Morgan fingerprint density at radius 1 is 1.16 bits per heavy atom. The first-order valence-electron chi connectivity index (χ1n) is 11.7. The summed E-state index contributed by atoms with van der Waals surface area (Å²) in [6.45, 7) is 5.92. The summed E-state index contributed by atoms with van der Waals surface area (Å²) < 4.78 is 36.9. The minimum absolute atomic E-state index is 0.0471. The van der Waals surface area contributed by atoms with Gasteiger partial charge in [-0.25, -0.2) is 14.2 Å². The SMILES string of the molecule is C=CCOc1ccc(C2C(C(=O)OCCOC)=C(C)N=c3sc(=Cc4ccc(F)cc4)c(=O)n32)cc1OC. The molecule has 1 aliphatic rings. The lowest BCUT2D eigenvalue weighted by atomic mass is 9.95. The fourth-order valence-electron chi connectivity index (χ4n) is 4.03. The maximum Gasteiger partial charge on any atom is 0.338 e. The van der Waals surface area contributed by atoms with Crippen molar-refractivity contribution in [1.82, 2.24) is 4.57 Å². The quantitative estimate of drug-likeness (QED) is 0.224. The van der Waals surface area contributed by atoms with Gasteiger partial charge in [0.25, 0.3) is 5.56 Å². The van der Waals surface area contributed by atoms with E-state index < -0.39 is 12.0 Å². The van der Waals surface area contributed by atoms with Crippen LogP contribution in [0.2, 0.25) is 0 Å². The Kier molecular flexibility index (Phi) is 8.55. The van der Waals surface area contributed by atoms with Gasteiger partial charge >= 0.3 is 5.97 Å². The molecule has 10 heteroatoms. The fraction of sp³-hybridized carbons (Fsp3) is 0.250. The number of thiazole rings is 1. The van der Waals surface area contributed by atoms with Gasteiger partial charge in [0, 0.05) is 7.11 Å². The third-order valence-electron chi connectivity index (χ3n) is 5.79. The minimum Gasteiger partial charge on any atom is -0.493 e. The van der Waals surface area contributed by atoms with Gasteiger partial charge in [-0.1, -0.05) is 42.2 Å². The van der Waals surface area contributed by atoms with E-state index in [4.69, 9.17) is 18.9 Å². The maximum atomic E-state index is 13.7. The molecule has 1 aromatic heterocycles. The summed E-state index contributed by atoms with van der Waals surface area (Å²) in [5.74, 6) is -0.0540. The number of halogens is 1. The molecule has 2 aromatic carbocycles. The molecular formula is C28H27FN2O6S. The van der Waals surface area contributed by atoms with Gasteiger partial charge in [0.15, 0.2) is 16.3 Å². The van der Waals surface area contributed by atoms with Crippen molar-refractivity contribution in [3.8, 4) is 11.5 Å². The highest BCUT2D eigenvalue weighted by Gasteiger charge is 2.34. The number of aromatic nitrogens is 1. The van der Waals surface area contributed by atoms with Gasteiger partial charge in [-0.15, -0.1) is 0 Å². The smallest absolute Gasteiger partial charge is 0.338 e. The molecule has 198 valence electrons. The lowest BCUT2D eigenvalue weighted by molar-refractivity contribution is -0.140. The topological polar surface area (TPSA) is 88.4 Å². The second kappa shape index (κ2) is 12.0. The number of hydrogen-bond acceptors (Lipinski definition) is 8. The number of methoxy groups -OCH3 is 2. The van der Waals surface area contributed by atoms with Gasteiger partial charge in [-0.05, 0) is 48.4 Å². The lowest BCUT2D eigenvalue weighted by Crippen LogP contribution is -2.40. The summed E-state index contributed by atoms with van der Waals surface area (Å²) >= 11 is 1.18. The first-order valence-corrected chi connectivity index (χ1v) is 12.6. The van der Waals surface area contributed by atoms with Crippen molar-refractivity contribution in [3.63, 3.8) is 0 Å². The van der Waals surface area contributed by atoms with Crippen molar-refractivity contribution in [2.45, 2.75) is 13.0 Å². The summed E-state index contributed by atoms with van der Waals surface area (Å²) in [6.07, 6.45) is 3.29. The number of nitrogens with zero attached hydrogens (tertiary/aromatic N) is 2. The van der Waals surface area contributed by atoms with Crippen LogP contribution < -0.4 is 24.4 Å². The van der Waals surface area contributed by atoms with Crippen molar-refractivity contribution in [2.75, 3.05) is 34.0 Å². The van der Waals surface area contributed by atoms with E-state index in [1.165, 1.54) is 42.3 Å². The predicted octanol–water partition coefficient (Wildman–Crippen LogP) is 3.14. The highest BCUT2D eigenvalue weighted by atomic mass is 32.1. The molecule has 1 aliphatic heterocycles. The van der Waals surface area contributed by atoms with Crippen LogP contribution in [0.4, 0.5) is 4.39 Å². The molecule has 0 radical (unpaired) electrons. The standard InChI is InChI=1S/C28H27FN2O6S/c1-5-12-36-21-11-8-19(16-22(21)35-4)25-24(27(33)37-14-13-34-3)17(2)30-28-31(25)26(32)23(38-28)15-18-6-9-20(29)10-7-18/h5-11,15-16,25H,1,12-14H2,2-4H3. The van der Waals surface area contributed by atoms with Crippen LogP contribution in [0.15, 0.2) is 76.2 Å². The van der Waals surface area contributed by atoms with Crippen LogP contribution in [0.1, 0.15) is 24.1 Å². The molecule has 1 unspecified atom stereocenters. The fourth-order valence-corrected chi connectivity index (χ4v) is 5.07. The van der Waals surface area contributed by atoms with Crippen molar-refractivity contribution in [2.24, 2.45) is 4.99 Å². The Morgan fingerprint density at radius 2 is 1.92 bits per heavy atom. The highest BCUT2D eigenvalue weighted by Crippen LogP contribution is 2.36. The molecule has 0 bridgehead atoms. The van der Waals surface area contributed by atoms with Gasteiger partial charge in [0.1, 0.15) is 19.0 Å². The number of ether oxygens (including phenoxy) is 4. The van der Waals surface area contributed by atoms with Crippen molar-refractivity contribution in [3.05, 3.63) is 103 Å². The molecule has 0 saturated heterocycles. The Bertz CT molecular complexity index is 1560. The zero-order valence-electron chi connectivity index (χ0n) is 21.2. The van der Waals surface area contributed by atoms with E-state index in [1.807, 2.05) is 0 Å². The number of esters is 1. The Balaban J connectivity index is 1.89. The van der Waals surface area contributed by atoms with Crippen LogP contribution in [0.5, 0.6) is 11.5 Å². The minimum atomic E-state index is -0.834. The molecule has 0 N–H and O–H groups in total. The van der Waals surface area contributed by atoms with E-state index in [-0.39, 0.29) is 36.8 Å². The van der Waals surface area contributed by atoms with Crippen molar-refractivity contribution < 1.29 is 28.1 Å². The number of allylic oxidation sites excluding steroid dienone is 1. The average Bonchev–Trinajstić information content (AvgIpc) is 3.21. The molecule has 0 spiro atoms. The third-order valence-corrected chi connectivity index (χ3v) is 6.77. The molecule has 4 rings (SSSR count). The first-order chi connectivity index (χ1) is 18.4. The van der Waals surface area contributed by atoms with E-state index >= 15 is 0 Å². The average molecular weight is 539 g/mol. The molecule has 3 aromatic rings. The second-order valence-corrected chi connectivity index (χ2v) is 9.28. The number of carbonyl (C=O) groups is 1. The molecule has 2 heterocycles. The van der Waals surface area contributed by atoms with Gasteiger partial charge in [-0.2, -0.15) is 0 Å². The number of fused-ring (bicyclic) bond motifs is 1. The van der Waals surface area contributed by atoms with E-state index in [9.17, 15) is 14.0 Å². The van der Waals surface area contributed by atoms with Crippen LogP contribution in [-0.4, -0.2) is 44.6 Å². The normalized spacial score (nSPS) is 15.1. The number of benzene rings is 2.